The van der Waals surface area contributed by atoms with Crippen molar-refractivity contribution in [2.24, 2.45) is 0 Å². The van der Waals surface area contributed by atoms with Gasteiger partial charge >= 0.3 is 0 Å². The summed E-state index contributed by atoms with van der Waals surface area (Å²) in [6, 6.07) is 13.7. The van der Waals surface area contributed by atoms with Crippen molar-refractivity contribution in [3.63, 3.8) is 0 Å². The Kier molecular flexibility index (Phi) is 5.30. The van der Waals surface area contributed by atoms with Crippen LogP contribution < -0.4 is 4.90 Å². The Labute approximate surface area is 185 Å². The molecule has 1 amide bonds. The van der Waals surface area contributed by atoms with Crippen LogP contribution in [0.5, 0.6) is 0 Å². The average molecular weight is 432 g/mol. The van der Waals surface area contributed by atoms with Gasteiger partial charge in [-0.25, -0.2) is 4.68 Å². The van der Waals surface area contributed by atoms with Gasteiger partial charge in [0.15, 0.2) is 0 Å². The van der Waals surface area contributed by atoms with Crippen molar-refractivity contribution >= 4 is 22.6 Å². The first-order valence-corrected chi connectivity index (χ1v) is 10.8. The molecule has 1 aliphatic heterocycles. The molecule has 0 aliphatic carbocycles. The molecule has 1 aliphatic rings. The number of rotatable bonds is 6. The molecular weight excluding hydrogens is 406 g/mol. The third kappa shape index (κ3) is 3.93. The van der Waals surface area contributed by atoms with E-state index < -0.39 is 0 Å². The predicted octanol–water partition coefficient (Wildman–Crippen LogP) is 3.23. The Balaban J connectivity index is 1.34. The third-order valence-electron chi connectivity index (χ3n) is 5.80. The molecule has 32 heavy (non-hydrogen) atoms. The van der Waals surface area contributed by atoms with Crippen LogP contribution in [-0.4, -0.2) is 63.1 Å². The number of amides is 1. The summed E-state index contributed by atoms with van der Waals surface area (Å²) in [6.07, 6.45) is 2.62. The van der Waals surface area contributed by atoms with Crippen molar-refractivity contribution in [1.82, 2.24) is 30.0 Å². The minimum Gasteiger partial charge on any atom is -0.378 e. The number of fused-ring (bicyclic) bond motifs is 1. The molecule has 2 aromatic heterocycles. The number of carbonyl (C=O) groups excluding carboxylic acids is 1. The number of hydrogen-bond acceptors (Lipinski definition) is 7. The van der Waals surface area contributed by atoms with Gasteiger partial charge in [0.2, 0.25) is 11.7 Å². The summed E-state index contributed by atoms with van der Waals surface area (Å²) in [6.45, 7) is 2.25. The quantitative estimate of drug-likeness (QED) is 0.463. The molecule has 0 bridgehead atoms. The van der Waals surface area contributed by atoms with Crippen molar-refractivity contribution in [3.8, 4) is 22.8 Å². The Morgan fingerprint density at radius 3 is 2.75 bits per heavy atom. The fourth-order valence-electron chi connectivity index (χ4n) is 3.98. The van der Waals surface area contributed by atoms with Crippen molar-refractivity contribution in [3.05, 3.63) is 42.5 Å². The number of aryl methyl sites for hydroxylation is 1. The van der Waals surface area contributed by atoms with E-state index in [2.05, 4.69) is 20.5 Å². The van der Waals surface area contributed by atoms with Gasteiger partial charge in [-0.15, -0.1) is 5.10 Å². The normalized spacial score (nSPS) is 13.8. The minimum atomic E-state index is 0.181. The van der Waals surface area contributed by atoms with Gasteiger partial charge in [-0.1, -0.05) is 16.4 Å². The SMILES string of the molecule is CN(C)c1cccc(-c2nc(-c3ccc4c(c3)nnn4CCC(=O)N3CCCC3)no2)c1. The van der Waals surface area contributed by atoms with Crippen molar-refractivity contribution in [2.75, 3.05) is 32.1 Å². The predicted molar refractivity (Wildman–Crippen MR) is 121 cm³/mol. The molecule has 0 N–H and O–H groups in total. The fourth-order valence-corrected chi connectivity index (χ4v) is 3.98. The van der Waals surface area contributed by atoms with Crippen LogP contribution in [0.2, 0.25) is 0 Å². The van der Waals surface area contributed by atoms with Crippen LogP contribution in [0, 0.1) is 0 Å². The second-order valence-electron chi connectivity index (χ2n) is 8.22. The second-order valence-corrected chi connectivity index (χ2v) is 8.22. The van der Waals surface area contributed by atoms with Crippen molar-refractivity contribution in [2.45, 2.75) is 25.8 Å². The number of aromatic nitrogens is 5. The Bertz CT molecular complexity index is 1250. The summed E-state index contributed by atoms with van der Waals surface area (Å²) >= 11 is 0. The molecular formula is C23H25N7O2. The first-order valence-electron chi connectivity index (χ1n) is 10.8. The van der Waals surface area contributed by atoms with Crippen LogP contribution in [0.3, 0.4) is 0 Å². The molecule has 0 unspecified atom stereocenters. The summed E-state index contributed by atoms with van der Waals surface area (Å²) in [5.74, 6) is 1.14. The number of anilines is 1. The summed E-state index contributed by atoms with van der Waals surface area (Å²) in [4.78, 5) is 20.8. The van der Waals surface area contributed by atoms with Gasteiger partial charge in [-0.05, 0) is 49.2 Å². The second kappa shape index (κ2) is 8.41. The smallest absolute Gasteiger partial charge is 0.258 e. The van der Waals surface area contributed by atoms with Gasteiger partial charge in [0, 0.05) is 50.4 Å². The number of carbonyl (C=O) groups is 1. The van der Waals surface area contributed by atoms with Gasteiger partial charge < -0.3 is 14.3 Å². The largest absolute Gasteiger partial charge is 0.378 e. The van der Waals surface area contributed by atoms with Gasteiger partial charge in [-0.3, -0.25) is 4.79 Å². The lowest BCUT2D eigenvalue weighted by Gasteiger charge is -2.14. The molecule has 1 saturated heterocycles. The van der Waals surface area contributed by atoms with Crippen LogP contribution in [0.1, 0.15) is 19.3 Å². The fraction of sp³-hybridized carbons (Fsp3) is 0.348. The maximum atomic E-state index is 12.3. The molecule has 5 rings (SSSR count). The number of benzene rings is 2. The first-order chi connectivity index (χ1) is 15.6. The zero-order chi connectivity index (χ0) is 22.1. The van der Waals surface area contributed by atoms with Crippen LogP contribution in [-0.2, 0) is 11.3 Å². The molecule has 1 fully saturated rings. The lowest BCUT2D eigenvalue weighted by atomic mass is 10.1. The van der Waals surface area contributed by atoms with Gasteiger partial charge in [0.25, 0.3) is 5.89 Å². The molecule has 9 nitrogen and oxygen atoms in total. The Hall–Kier alpha value is -3.75. The molecule has 2 aromatic carbocycles. The van der Waals surface area contributed by atoms with E-state index in [0.29, 0.717) is 24.7 Å². The van der Waals surface area contributed by atoms with Crippen LogP contribution >= 0.6 is 0 Å². The van der Waals surface area contributed by atoms with Gasteiger partial charge in [0.05, 0.1) is 12.1 Å². The maximum absolute atomic E-state index is 12.3. The molecule has 0 atom stereocenters. The zero-order valence-electron chi connectivity index (χ0n) is 18.2. The van der Waals surface area contributed by atoms with E-state index in [1.165, 1.54) is 0 Å². The molecule has 164 valence electrons. The van der Waals surface area contributed by atoms with Crippen LogP contribution in [0.15, 0.2) is 47.0 Å². The lowest BCUT2D eigenvalue weighted by molar-refractivity contribution is -0.130. The molecule has 0 radical (unpaired) electrons. The molecule has 3 heterocycles. The summed E-state index contributed by atoms with van der Waals surface area (Å²) in [5.41, 5.74) is 4.34. The van der Waals surface area contributed by atoms with Crippen molar-refractivity contribution < 1.29 is 9.32 Å². The van der Waals surface area contributed by atoms with E-state index in [9.17, 15) is 4.79 Å². The topological polar surface area (TPSA) is 93.2 Å². The highest BCUT2D eigenvalue weighted by Crippen LogP contribution is 2.26. The monoisotopic (exact) mass is 431 g/mol. The highest BCUT2D eigenvalue weighted by Gasteiger charge is 2.18. The van der Waals surface area contributed by atoms with Crippen LogP contribution in [0.25, 0.3) is 33.9 Å². The van der Waals surface area contributed by atoms with Crippen molar-refractivity contribution in [1.29, 1.82) is 0 Å². The van der Waals surface area contributed by atoms with E-state index in [1.54, 1.807) is 4.68 Å². The van der Waals surface area contributed by atoms with E-state index >= 15 is 0 Å². The van der Waals surface area contributed by atoms with E-state index in [0.717, 1.165) is 53.8 Å². The van der Waals surface area contributed by atoms with Gasteiger partial charge in [-0.2, -0.15) is 4.98 Å². The zero-order valence-corrected chi connectivity index (χ0v) is 18.2. The highest BCUT2D eigenvalue weighted by atomic mass is 16.5. The molecule has 4 aromatic rings. The van der Waals surface area contributed by atoms with E-state index in [4.69, 9.17) is 4.52 Å². The number of likely N-dealkylation sites (tertiary alicyclic amines) is 1. The first kappa shape index (κ1) is 20.2. The molecule has 0 saturated carbocycles. The third-order valence-corrected chi connectivity index (χ3v) is 5.80. The highest BCUT2D eigenvalue weighted by molar-refractivity contribution is 5.81. The standard InChI is InChI=1S/C23H25N7O2/c1-28(2)18-7-5-6-17(14-18)23-24-22(26-32-23)16-8-9-20-19(15-16)25-27-30(20)13-10-21(31)29-11-3-4-12-29/h5-9,14-15H,3-4,10-13H2,1-2H3. The number of hydrogen-bond donors (Lipinski definition) is 0. The van der Waals surface area contributed by atoms with Crippen LogP contribution in [0.4, 0.5) is 5.69 Å². The summed E-state index contributed by atoms with van der Waals surface area (Å²) in [7, 11) is 3.98. The lowest BCUT2D eigenvalue weighted by Crippen LogP contribution is -2.28. The average Bonchev–Trinajstić information content (AvgIpc) is 3.58. The maximum Gasteiger partial charge on any atom is 0.258 e. The minimum absolute atomic E-state index is 0.181. The molecule has 0 spiro atoms. The summed E-state index contributed by atoms with van der Waals surface area (Å²) < 4.78 is 7.29. The van der Waals surface area contributed by atoms with Gasteiger partial charge in [0.1, 0.15) is 5.52 Å². The number of nitrogens with zero attached hydrogens (tertiary/aromatic N) is 7. The van der Waals surface area contributed by atoms with E-state index in [1.807, 2.05) is 66.4 Å². The Morgan fingerprint density at radius 1 is 1.09 bits per heavy atom. The summed E-state index contributed by atoms with van der Waals surface area (Å²) in [5, 5.41) is 12.7. The Morgan fingerprint density at radius 2 is 1.94 bits per heavy atom. The molecule has 9 heteroatoms. The van der Waals surface area contributed by atoms with E-state index in [-0.39, 0.29) is 5.91 Å².